The molecule has 0 aliphatic heterocycles. The third-order valence-electron chi connectivity index (χ3n) is 6.32. The highest BCUT2D eigenvalue weighted by molar-refractivity contribution is 6.90. The SMILES string of the molecule is CC(C)[Si](C#CCCCCC#CC1=CCCc2ccccc21)(C(C)C)C(C)C. The fourth-order valence-electron chi connectivity index (χ4n) is 4.83. The van der Waals surface area contributed by atoms with Crippen molar-refractivity contribution in [2.75, 3.05) is 0 Å². The molecule has 0 nitrogen and oxygen atoms in total. The maximum atomic E-state index is 3.83. The van der Waals surface area contributed by atoms with Crippen LogP contribution in [0.3, 0.4) is 0 Å². The van der Waals surface area contributed by atoms with E-state index in [-0.39, 0.29) is 0 Å². The van der Waals surface area contributed by atoms with Gasteiger partial charge in [-0.05, 0) is 53.4 Å². The van der Waals surface area contributed by atoms with Crippen LogP contribution in [-0.4, -0.2) is 8.07 Å². The Balaban J connectivity index is 1.85. The summed E-state index contributed by atoms with van der Waals surface area (Å²) in [6, 6.07) is 8.69. The maximum absolute atomic E-state index is 3.83. The summed E-state index contributed by atoms with van der Waals surface area (Å²) in [6.07, 6.45) is 8.87. The van der Waals surface area contributed by atoms with Crippen molar-refractivity contribution in [3.63, 3.8) is 0 Å². The number of fused-ring (bicyclic) bond motifs is 1. The molecule has 0 spiro atoms. The van der Waals surface area contributed by atoms with Crippen molar-refractivity contribution in [1.29, 1.82) is 0 Å². The van der Waals surface area contributed by atoms with Crippen molar-refractivity contribution in [2.45, 2.75) is 96.7 Å². The molecule has 1 aromatic carbocycles. The molecule has 150 valence electrons. The summed E-state index contributed by atoms with van der Waals surface area (Å²) in [7, 11) is -1.56. The van der Waals surface area contributed by atoms with Crippen molar-refractivity contribution >= 4 is 13.6 Å². The molecule has 0 aromatic heterocycles. The first-order valence-corrected chi connectivity index (χ1v) is 13.4. The standard InChI is InChI=1S/C27H38Si/c1-22(2)28(23(3)4,24(5)6)21-14-10-8-7-9-11-16-25-18-15-19-26-17-12-13-20-27(25)26/h12-13,17-18,20,22-24H,7-10,15,19H2,1-6H3. The normalized spacial score (nSPS) is 13.5. The second kappa shape index (κ2) is 10.7. The van der Waals surface area contributed by atoms with Crippen LogP contribution in [0.1, 0.15) is 84.8 Å². The molecule has 0 fully saturated rings. The zero-order valence-electron chi connectivity index (χ0n) is 18.9. The monoisotopic (exact) mass is 390 g/mol. The van der Waals surface area contributed by atoms with Gasteiger partial charge in [-0.15, -0.1) is 11.5 Å². The summed E-state index contributed by atoms with van der Waals surface area (Å²) in [5.74, 6) is 10.4. The molecule has 1 aliphatic rings. The predicted octanol–water partition coefficient (Wildman–Crippen LogP) is 7.80. The predicted molar refractivity (Wildman–Crippen MR) is 128 cm³/mol. The van der Waals surface area contributed by atoms with Crippen LogP contribution in [-0.2, 0) is 6.42 Å². The van der Waals surface area contributed by atoms with E-state index in [1.54, 1.807) is 0 Å². The van der Waals surface area contributed by atoms with E-state index in [0.29, 0.717) is 0 Å². The number of benzene rings is 1. The molecule has 0 saturated carbocycles. The average molecular weight is 391 g/mol. The van der Waals surface area contributed by atoms with Gasteiger partial charge in [-0.3, -0.25) is 0 Å². The highest BCUT2D eigenvalue weighted by Crippen LogP contribution is 2.40. The summed E-state index contributed by atoms with van der Waals surface area (Å²) in [5, 5.41) is 0. The maximum Gasteiger partial charge on any atom is 0.145 e. The third-order valence-corrected chi connectivity index (χ3v) is 12.7. The molecule has 0 atom stereocenters. The molecule has 28 heavy (non-hydrogen) atoms. The Morgan fingerprint density at radius 2 is 1.46 bits per heavy atom. The Morgan fingerprint density at radius 3 is 2.11 bits per heavy atom. The molecule has 1 aromatic rings. The fourth-order valence-corrected chi connectivity index (χ4v) is 10.1. The van der Waals surface area contributed by atoms with Gasteiger partial charge in [-0.25, -0.2) is 0 Å². The lowest BCUT2D eigenvalue weighted by atomic mass is 9.91. The zero-order valence-corrected chi connectivity index (χ0v) is 19.9. The first-order chi connectivity index (χ1) is 13.4. The topological polar surface area (TPSA) is 0 Å². The van der Waals surface area contributed by atoms with Crippen molar-refractivity contribution in [3.05, 3.63) is 41.5 Å². The van der Waals surface area contributed by atoms with E-state index < -0.39 is 8.07 Å². The summed E-state index contributed by atoms with van der Waals surface area (Å²) in [4.78, 5) is 0. The van der Waals surface area contributed by atoms with Gasteiger partial charge in [0.25, 0.3) is 0 Å². The van der Waals surface area contributed by atoms with Gasteiger partial charge in [-0.1, -0.05) is 83.7 Å². The minimum atomic E-state index is -1.56. The second-order valence-electron chi connectivity index (χ2n) is 9.02. The summed E-state index contributed by atoms with van der Waals surface area (Å²) in [6.45, 7) is 14.3. The molecule has 1 aliphatic carbocycles. The quantitative estimate of drug-likeness (QED) is 0.264. The Hall–Kier alpha value is -1.70. The Bertz CT molecular complexity index is 765. The largest absolute Gasteiger partial charge is 0.145 e. The smallest absolute Gasteiger partial charge is 0.130 e. The van der Waals surface area contributed by atoms with Crippen LogP contribution in [0.5, 0.6) is 0 Å². The first kappa shape index (κ1) is 22.6. The van der Waals surface area contributed by atoms with Crippen LogP contribution < -0.4 is 0 Å². The van der Waals surface area contributed by atoms with E-state index in [9.17, 15) is 0 Å². The molecule has 0 unspecified atom stereocenters. The molecular weight excluding hydrogens is 352 g/mol. The van der Waals surface area contributed by atoms with Gasteiger partial charge in [0.1, 0.15) is 8.07 Å². The molecule has 0 bridgehead atoms. The molecular formula is C27H38Si. The molecule has 0 saturated heterocycles. The number of unbranched alkanes of at least 4 members (excludes halogenated alkanes) is 3. The van der Waals surface area contributed by atoms with Gasteiger partial charge in [0.2, 0.25) is 0 Å². The van der Waals surface area contributed by atoms with Gasteiger partial charge >= 0.3 is 0 Å². The van der Waals surface area contributed by atoms with Crippen molar-refractivity contribution < 1.29 is 0 Å². The van der Waals surface area contributed by atoms with E-state index in [1.807, 2.05) is 0 Å². The lowest BCUT2D eigenvalue weighted by Gasteiger charge is -2.38. The van der Waals surface area contributed by atoms with Crippen molar-refractivity contribution in [3.8, 4) is 23.3 Å². The summed E-state index contributed by atoms with van der Waals surface area (Å²) >= 11 is 0. The fraction of sp³-hybridized carbons (Fsp3) is 0.556. The number of hydrogen-bond donors (Lipinski definition) is 0. The molecule has 0 radical (unpaired) electrons. The van der Waals surface area contributed by atoms with Gasteiger partial charge in [0, 0.05) is 18.4 Å². The van der Waals surface area contributed by atoms with Crippen LogP contribution in [0.25, 0.3) is 5.57 Å². The highest BCUT2D eigenvalue weighted by Gasteiger charge is 2.41. The van der Waals surface area contributed by atoms with Crippen molar-refractivity contribution in [2.24, 2.45) is 0 Å². The lowest BCUT2D eigenvalue weighted by Crippen LogP contribution is -2.43. The number of aryl methyl sites for hydroxylation is 1. The second-order valence-corrected chi connectivity index (χ2v) is 14.6. The van der Waals surface area contributed by atoms with Gasteiger partial charge in [-0.2, -0.15) is 0 Å². The highest BCUT2D eigenvalue weighted by atomic mass is 28.3. The number of allylic oxidation sites excluding steroid dienone is 2. The minimum Gasteiger partial charge on any atom is -0.130 e. The van der Waals surface area contributed by atoms with Gasteiger partial charge in [0.05, 0.1) is 0 Å². The van der Waals surface area contributed by atoms with E-state index >= 15 is 0 Å². The first-order valence-electron chi connectivity index (χ1n) is 11.2. The average Bonchev–Trinajstić information content (AvgIpc) is 2.66. The molecule has 0 heterocycles. The van der Waals surface area contributed by atoms with Gasteiger partial charge in [0.15, 0.2) is 0 Å². The van der Waals surface area contributed by atoms with E-state index in [0.717, 1.165) is 55.1 Å². The van der Waals surface area contributed by atoms with E-state index in [4.69, 9.17) is 0 Å². The van der Waals surface area contributed by atoms with Crippen LogP contribution in [0.4, 0.5) is 0 Å². The zero-order chi connectivity index (χ0) is 20.6. The van der Waals surface area contributed by atoms with Crippen LogP contribution in [0.15, 0.2) is 30.3 Å². The Labute approximate surface area is 175 Å². The summed E-state index contributed by atoms with van der Waals surface area (Å²) in [5.41, 5.74) is 9.99. The van der Waals surface area contributed by atoms with Gasteiger partial charge < -0.3 is 0 Å². The Kier molecular flexibility index (Phi) is 8.66. The number of hydrogen-bond acceptors (Lipinski definition) is 0. The van der Waals surface area contributed by atoms with E-state index in [1.165, 1.54) is 16.7 Å². The van der Waals surface area contributed by atoms with Crippen LogP contribution in [0, 0.1) is 23.3 Å². The third kappa shape index (κ3) is 5.43. The molecule has 1 heteroatoms. The minimum absolute atomic E-state index is 0.720. The Morgan fingerprint density at radius 1 is 0.857 bits per heavy atom. The van der Waals surface area contributed by atoms with Crippen LogP contribution in [0.2, 0.25) is 16.6 Å². The van der Waals surface area contributed by atoms with Crippen LogP contribution >= 0.6 is 0 Å². The summed E-state index contributed by atoms with van der Waals surface area (Å²) < 4.78 is 0. The van der Waals surface area contributed by atoms with Crippen molar-refractivity contribution in [1.82, 2.24) is 0 Å². The van der Waals surface area contributed by atoms with E-state index in [2.05, 4.69) is 95.2 Å². The molecule has 2 rings (SSSR count). The molecule has 0 amide bonds. The number of rotatable bonds is 6. The lowest BCUT2D eigenvalue weighted by molar-refractivity contribution is 0.782. The molecule has 0 N–H and O–H groups in total.